The van der Waals surface area contributed by atoms with E-state index >= 15 is 0 Å². The second-order valence-electron chi connectivity index (χ2n) is 5.63. The van der Waals surface area contributed by atoms with Gasteiger partial charge in [0.1, 0.15) is 0 Å². The number of para-hydroxylation sites is 1. The van der Waals surface area contributed by atoms with E-state index in [9.17, 15) is 4.79 Å². The molecule has 1 amide bonds. The van der Waals surface area contributed by atoms with E-state index in [4.69, 9.17) is 0 Å². The van der Waals surface area contributed by atoms with Gasteiger partial charge in [-0.25, -0.2) is 0 Å². The van der Waals surface area contributed by atoms with Gasteiger partial charge < -0.3 is 4.90 Å². The van der Waals surface area contributed by atoms with Crippen molar-refractivity contribution < 1.29 is 4.79 Å². The van der Waals surface area contributed by atoms with Crippen molar-refractivity contribution in [3.63, 3.8) is 0 Å². The molecule has 0 fully saturated rings. The number of carbonyl (C=O) groups excluding carboxylic acids is 1. The molecule has 0 spiro atoms. The first-order valence-electron chi connectivity index (χ1n) is 7.31. The summed E-state index contributed by atoms with van der Waals surface area (Å²) < 4.78 is 0. The topological polar surface area (TPSA) is 20.3 Å². The zero-order valence-corrected chi connectivity index (χ0v) is 12.4. The molecule has 0 bridgehead atoms. The van der Waals surface area contributed by atoms with Crippen LogP contribution in [-0.4, -0.2) is 11.9 Å². The number of nitrogens with zero attached hydrogens (tertiary/aromatic N) is 1. The number of carbonyl (C=O) groups is 1. The SMILES string of the molecule is Cc1ccc(/C=C/C(=O)N2c3ccccc3C[C@@H]2C)cc1. The molecule has 2 nitrogen and oxygen atoms in total. The Labute approximate surface area is 125 Å². The van der Waals surface area contributed by atoms with Crippen LogP contribution in [0.2, 0.25) is 0 Å². The fraction of sp³-hybridized carbons (Fsp3) is 0.211. The second kappa shape index (κ2) is 5.57. The van der Waals surface area contributed by atoms with Crippen molar-refractivity contribution in [1.29, 1.82) is 0 Å². The molecule has 1 atom stereocenters. The van der Waals surface area contributed by atoms with Gasteiger partial charge in [0.15, 0.2) is 0 Å². The summed E-state index contributed by atoms with van der Waals surface area (Å²) in [6.45, 7) is 4.15. The number of anilines is 1. The monoisotopic (exact) mass is 277 g/mol. The maximum atomic E-state index is 12.5. The molecule has 0 aromatic heterocycles. The molecular formula is C19H19NO. The quantitative estimate of drug-likeness (QED) is 0.760. The average molecular weight is 277 g/mol. The van der Waals surface area contributed by atoms with Crippen LogP contribution >= 0.6 is 0 Å². The molecule has 1 aliphatic heterocycles. The predicted octanol–water partition coefficient (Wildman–Crippen LogP) is 3.99. The molecule has 0 radical (unpaired) electrons. The van der Waals surface area contributed by atoms with Gasteiger partial charge in [0.2, 0.25) is 0 Å². The van der Waals surface area contributed by atoms with Gasteiger partial charge in [-0.15, -0.1) is 0 Å². The Balaban J connectivity index is 1.81. The Morgan fingerprint density at radius 1 is 1.14 bits per heavy atom. The van der Waals surface area contributed by atoms with Crippen LogP contribution in [0.1, 0.15) is 23.6 Å². The fourth-order valence-electron chi connectivity index (χ4n) is 2.83. The minimum atomic E-state index is 0.0491. The number of amides is 1. The summed E-state index contributed by atoms with van der Waals surface area (Å²) in [6.07, 6.45) is 4.49. The van der Waals surface area contributed by atoms with E-state index in [2.05, 4.69) is 32.0 Å². The van der Waals surface area contributed by atoms with Crippen LogP contribution in [0.5, 0.6) is 0 Å². The first-order chi connectivity index (χ1) is 10.1. The van der Waals surface area contributed by atoms with Gasteiger partial charge in [0.25, 0.3) is 5.91 Å². The van der Waals surface area contributed by atoms with Crippen LogP contribution < -0.4 is 4.90 Å². The van der Waals surface area contributed by atoms with E-state index in [0.29, 0.717) is 0 Å². The van der Waals surface area contributed by atoms with Crippen molar-refractivity contribution in [2.45, 2.75) is 26.3 Å². The van der Waals surface area contributed by atoms with Crippen LogP contribution in [0.25, 0.3) is 6.08 Å². The summed E-state index contributed by atoms with van der Waals surface area (Å²) in [6, 6.07) is 16.5. The molecule has 0 unspecified atom stereocenters. The molecule has 0 aliphatic carbocycles. The van der Waals surface area contributed by atoms with Crippen molar-refractivity contribution in [3.05, 3.63) is 71.3 Å². The van der Waals surface area contributed by atoms with E-state index in [0.717, 1.165) is 17.7 Å². The third-order valence-corrected chi connectivity index (χ3v) is 3.94. The predicted molar refractivity (Wildman–Crippen MR) is 87.3 cm³/mol. The van der Waals surface area contributed by atoms with Crippen LogP contribution in [0, 0.1) is 6.92 Å². The van der Waals surface area contributed by atoms with Gasteiger partial charge in [-0.3, -0.25) is 4.79 Å². The summed E-state index contributed by atoms with van der Waals surface area (Å²) in [5.74, 6) is 0.0491. The summed E-state index contributed by atoms with van der Waals surface area (Å²) >= 11 is 0. The minimum Gasteiger partial charge on any atom is -0.305 e. The highest BCUT2D eigenvalue weighted by atomic mass is 16.2. The molecule has 1 aliphatic rings. The minimum absolute atomic E-state index is 0.0491. The lowest BCUT2D eigenvalue weighted by molar-refractivity contribution is -0.114. The fourth-order valence-corrected chi connectivity index (χ4v) is 2.83. The van der Waals surface area contributed by atoms with Crippen molar-refractivity contribution in [2.75, 3.05) is 4.90 Å². The number of hydrogen-bond donors (Lipinski definition) is 0. The Bertz CT molecular complexity index is 685. The first kappa shape index (κ1) is 13.6. The smallest absolute Gasteiger partial charge is 0.251 e. The molecule has 2 heteroatoms. The highest BCUT2D eigenvalue weighted by Crippen LogP contribution is 2.31. The third kappa shape index (κ3) is 2.75. The number of benzene rings is 2. The lowest BCUT2D eigenvalue weighted by atomic mass is 10.1. The molecule has 2 aromatic rings. The number of rotatable bonds is 2. The molecule has 3 rings (SSSR count). The largest absolute Gasteiger partial charge is 0.305 e. The van der Waals surface area contributed by atoms with Crippen molar-refractivity contribution in [3.8, 4) is 0 Å². The van der Waals surface area contributed by atoms with Crippen LogP contribution in [0.15, 0.2) is 54.6 Å². The molecule has 0 saturated heterocycles. The maximum Gasteiger partial charge on any atom is 0.251 e. The Hall–Kier alpha value is -2.35. The van der Waals surface area contributed by atoms with Gasteiger partial charge in [-0.05, 0) is 43.5 Å². The Morgan fingerprint density at radius 2 is 1.86 bits per heavy atom. The molecule has 2 aromatic carbocycles. The van der Waals surface area contributed by atoms with Gasteiger partial charge in [0.05, 0.1) is 0 Å². The van der Waals surface area contributed by atoms with E-state index in [1.165, 1.54) is 11.1 Å². The Kier molecular flexibility index (Phi) is 3.61. The zero-order valence-electron chi connectivity index (χ0n) is 12.4. The maximum absolute atomic E-state index is 12.5. The summed E-state index contributed by atoms with van der Waals surface area (Å²) in [5, 5.41) is 0. The van der Waals surface area contributed by atoms with E-state index in [-0.39, 0.29) is 11.9 Å². The van der Waals surface area contributed by atoms with Gasteiger partial charge in [0, 0.05) is 17.8 Å². The van der Waals surface area contributed by atoms with Crippen LogP contribution in [0.3, 0.4) is 0 Å². The molecule has 0 N–H and O–H groups in total. The standard InChI is InChI=1S/C19H19NO/c1-14-7-9-16(10-8-14)11-12-19(21)20-15(2)13-17-5-3-4-6-18(17)20/h3-12,15H,13H2,1-2H3/b12-11+/t15-/m0/s1. The number of hydrogen-bond acceptors (Lipinski definition) is 1. The van der Waals surface area contributed by atoms with Crippen molar-refractivity contribution >= 4 is 17.7 Å². The van der Waals surface area contributed by atoms with Crippen molar-refractivity contribution in [2.24, 2.45) is 0 Å². The number of aryl methyl sites for hydroxylation is 1. The zero-order chi connectivity index (χ0) is 14.8. The van der Waals surface area contributed by atoms with Crippen LogP contribution in [-0.2, 0) is 11.2 Å². The van der Waals surface area contributed by atoms with Gasteiger partial charge in [-0.2, -0.15) is 0 Å². The average Bonchev–Trinajstić information content (AvgIpc) is 2.82. The van der Waals surface area contributed by atoms with E-state index in [1.807, 2.05) is 41.3 Å². The molecule has 0 saturated carbocycles. The van der Waals surface area contributed by atoms with Gasteiger partial charge >= 0.3 is 0 Å². The third-order valence-electron chi connectivity index (χ3n) is 3.94. The summed E-state index contributed by atoms with van der Waals surface area (Å²) in [4.78, 5) is 14.4. The number of fused-ring (bicyclic) bond motifs is 1. The normalized spacial score (nSPS) is 17.2. The summed E-state index contributed by atoms with van der Waals surface area (Å²) in [7, 11) is 0. The lowest BCUT2D eigenvalue weighted by Gasteiger charge is -2.20. The highest BCUT2D eigenvalue weighted by Gasteiger charge is 2.28. The van der Waals surface area contributed by atoms with E-state index in [1.54, 1.807) is 6.08 Å². The molecule has 106 valence electrons. The van der Waals surface area contributed by atoms with E-state index < -0.39 is 0 Å². The van der Waals surface area contributed by atoms with Gasteiger partial charge in [-0.1, -0.05) is 48.0 Å². The molecule has 1 heterocycles. The Morgan fingerprint density at radius 3 is 2.62 bits per heavy atom. The second-order valence-corrected chi connectivity index (χ2v) is 5.63. The van der Waals surface area contributed by atoms with Crippen LogP contribution in [0.4, 0.5) is 5.69 Å². The van der Waals surface area contributed by atoms with Crippen molar-refractivity contribution in [1.82, 2.24) is 0 Å². The highest BCUT2D eigenvalue weighted by molar-refractivity contribution is 6.05. The first-order valence-corrected chi connectivity index (χ1v) is 7.31. The molecule has 21 heavy (non-hydrogen) atoms. The lowest BCUT2D eigenvalue weighted by Crippen LogP contribution is -2.34. The molecular weight excluding hydrogens is 258 g/mol. The summed E-state index contributed by atoms with van der Waals surface area (Å²) in [5.41, 5.74) is 4.57.